The van der Waals surface area contributed by atoms with Gasteiger partial charge in [-0.2, -0.15) is 0 Å². The van der Waals surface area contributed by atoms with Gasteiger partial charge < -0.3 is 15.0 Å². The first-order chi connectivity index (χ1) is 16.9. The molecule has 1 aliphatic carbocycles. The van der Waals surface area contributed by atoms with Gasteiger partial charge in [0.1, 0.15) is 16.5 Å². The van der Waals surface area contributed by atoms with Crippen molar-refractivity contribution >= 4 is 39.0 Å². The highest BCUT2D eigenvalue weighted by atomic mass is 32.1. The van der Waals surface area contributed by atoms with E-state index >= 15 is 0 Å². The van der Waals surface area contributed by atoms with Crippen molar-refractivity contribution in [3.05, 3.63) is 45.1 Å². The van der Waals surface area contributed by atoms with Gasteiger partial charge in [0, 0.05) is 30.7 Å². The number of benzene rings is 1. The second-order valence-corrected chi connectivity index (χ2v) is 11.0. The van der Waals surface area contributed by atoms with E-state index in [1.165, 1.54) is 28.8 Å². The molecule has 0 saturated carbocycles. The fourth-order valence-corrected chi connectivity index (χ4v) is 6.61. The highest BCUT2D eigenvalue weighted by Crippen LogP contribution is 2.39. The second kappa shape index (κ2) is 10.2. The topological polar surface area (TPSA) is 70.6 Å². The van der Waals surface area contributed by atoms with Gasteiger partial charge in [-0.05, 0) is 63.1 Å². The number of hydrogen-bond donors (Lipinski definition) is 1. The molecule has 3 aromatic rings. The molecule has 5 rings (SSSR count). The van der Waals surface area contributed by atoms with Crippen molar-refractivity contribution in [3.8, 4) is 0 Å². The predicted octanol–water partition coefficient (Wildman–Crippen LogP) is 4.40. The summed E-state index contributed by atoms with van der Waals surface area (Å²) in [6.45, 7) is 10.4. The number of carbonyl (C=O) groups excluding carboxylic acids is 1. The van der Waals surface area contributed by atoms with Gasteiger partial charge in [-0.1, -0.05) is 17.7 Å². The number of likely N-dealkylation sites (N-methyl/N-ethyl adjacent to an activating group) is 1. The number of aromatic nitrogens is 2. The SMILES string of the molecule is Cc1cc(C)c(NC(=O)CN(C)c2nc(CN3CCOCC3)nc3sc4c(c23)CCCC4)c(C)c1. The van der Waals surface area contributed by atoms with Crippen molar-refractivity contribution in [2.24, 2.45) is 0 Å². The quantitative estimate of drug-likeness (QED) is 0.549. The molecule has 186 valence electrons. The minimum Gasteiger partial charge on any atom is -0.379 e. The fraction of sp³-hybridized carbons (Fsp3) is 0.519. The Morgan fingerprint density at radius 1 is 1.11 bits per heavy atom. The first-order valence-corrected chi connectivity index (χ1v) is 13.4. The first kappa shape index (κ1) is 24.2. The van der Waals surface area contributed by atoms with Crippen molar-refractivity contribution in [2.75, 3.05) is 50.1 Å². The van der Waals surface area contributed by atoms with Crippen LogP contribution in [0.4, 0.5) is 11.5 Å². The summed E-state index contributed by atoms with van der Waals surface area (Å²) in [5.74, 6) is 1.67. The van der Waals surface area contributed by atoms with Gasteiger partial charge in [0.15, 0.2) is 0 Å². The summed E-state index contributed by atoms with van der Waals surface area (Å²) in [5, 5.41) is 4.29. The molecule has 0 spiro atoms. The maximum atomic E-state index is 13.1. The zero-order chi connectivity index (χ0) is 24.5. The zero-order valence-corrected chi connectivity index (χ0v) is 22.1. The number of amides is 1. The minimum atomic E-state index is -0.0341. The smallest absolute Gasteiger partial charge is 0.243 e. The summed E-state index contributed by atoms with van der Waals surface area (Å²) in [6, 6.07) is 4.21. The number of anilines is 2. The molecule has 1 aromatic carbocycles. The van der Waals surface area contributed by atoms with E-state index in [0.29, 0.717) is 6.54 Å². The molecule has 35 heavy (non-hydrogen) atoms. The Balaban J connectivity index is 1.44. The van der Waals surface area contributed by atoms with Crippen LogP contribution in [0.3, 0.4) is 0 Å². The Bertz CT molecular complexity index is 1230. The molecular weight excluding hydrogens is 458 g/mol. The lowest BCUT2D eigenvalue weighted by atomic mass is 9.97. The van der Waals surface area contributed by atoms with Gasteiger partial charge >= 0.3 is 0 Å². The summed E-state index contributed by atoms with van der Waals surface area (Å²) in [5.41, 5.74) is 5.67. The Labute approximate surface area is 211 Å². The molecule has 0 radical (unpaired) electrons. The predicted molar refractivity (Wildman–Crippen MR) is 143 cm³/mol. The second-order valence-electron chi connectivity index (χ2n) is 9.92. The highest BCUT2D eigenvalue weighted by molar-refractivity contribution is 7.19. The van der Waals surface area contributed by atoms with Crippen LogP contribution < -0.4 is 10.2 Å². The van der Waals surface area contributed by atoms with Crippen LogP contribution in [0.2, 0.25) is 0 Å². The first-order valence-electron chi connectivity index (χ1n) is 12.6. The van der Waals surface area contributed by atoms with E-state index in [4.69, 9.17) is 14.7 Å². The van der Waals surface area contributed by atoms with Crippen LogP contribution in [0.25, 0.3) is 10.2 Å². The average molecular weight is 494 g/mol. The van der Waals surface area contributed by atoms with Gasteiger partial charge in [-0.3, -0.25) is 9.69 Å². The summed E-state index contributed by atoms with van der Waals surface area (Å²) in [6.07, 6.45) is 4.61. The largest absolute Gasteiger partial charge is 0.379 e. The van der Waals surface area contributed by atoms with Crippen LogP contribution in [0.15, 0.2) is 12.1 Å². The standard InChI is InChI=1S/C27H35N5O2S/c1-17-13-18(2)25(19(3)14-17)30-23(33)16-31(4)26-24-20-7-5-6-8-21(20)35-27(24)29-22(28-26)15-32-9-11-34-12-10-32/h13-14H,5-12,15-16H2,1-4H3,(H,30,33). The molecule has 1 fully saturated rings. The van der Waals surface area contributed by atoms with E-state index in [2.05, 4.69) is 29.3 Å². The number of nitrogens with one attached hydrogen (secondary N) is 1. The molecule has 1 N–H and O–H groups in total. The number of nitrogens with zero attached hydrogens (tertiary/aromatic N) is 4. The number of aryl methyl sites for hydroxylation is 5. The number of ether oxygens (including phenoxy) is 1. The van der Waals surface area contributed by atoms with E-state index in [1.54, 1.807) is 0 Å². The molecule has 3 heterocycles. The molecule has 1 amide bonds. The number of thiophene rings is 1. The molecule has 8 heteroatoms. The Morgan fingerprint density at radius 3 is 2.57 bits per heavy atom. The monoisotopic (exact) mass is 493 g/mol. The van der Waals surface area contributed by atoms with Crippen LogP contribution in [0, 0.1) is 20.8 Å². The van der Waals surface area contributed by atoms with E-state index in [-0.39, 0.29) is 12.5 Å². The maximum absolute atomic E-state index is 13.1. The Kier molecular flexibility index (Phi) is 7.05. The van der Waals surface area contributed by atoms with E-state index in [1.807, 2.05) is 37.1 Å². The van der Waals surface area contributed by atoms with Crippen molar-refractivity contribution < 1.29 is 9.53 Å². The Morgan fingerprint density at radius 2 is 1.83 bits per heavy atom. The molecule has 2 aliphatic rings. The third-order valence-electron chi connectivity index (χ3n) is 6.99. The van der Waals surface area contributed by atoms with Gasteiger partial charge in [-0.15, -0.1) is 11.3 Å². The van der Waals surface area contributed by atoms with E-state index in [9.17, 15) is 4.79 Å². The lowest BCUT2D eigenvalue weighted by molar-refractivity contribution is -0.114. The minimum absolute atomic E-state index is 0.0341. The van der Waals surface area contributed by atoms with Gasteiger partial charge in [-0.25, -0.2) is 9.97 Å². The van der Waals surface area contributed by atoms with Crippen LogP contribution in [0.1, 0.15) is 45.8 Å². The number of rotatable bonds is 6. The molecule has 0 unspecified atom stereocenters. The number of fused-ring (bicyclic) bond motifs is 3. The highest BCUT2D eigenvalue weighted by Gasteiger charge is 2.24. The number of morpholine rings is 1. The van der Waals surface area contributed by atoms with Crippen molar-refractivity contribution in [2.45, 2.75) is 53.0 Å². The van der Waals surface area contributed by atoms with Crippen LogP contribution in [-0.2, 0) is 28.9 Å². The molecule has 7 nitrogen and oxygen atoms in total. The lowest BCUT2D eigenvalue weighted by Gasteiger charge is -2.26. The summed E-state index contributed by atoms with van der Waals surface area (Å²) < 4.78 is 5.51. The Hall–Kier alpha value is -2.55. The molecule has 1 aliphatic heterocycles. The number of carbonyl (C=O) groups is 1. The number of hydrogen-bond acceptors (Lipinski definition) is 7. The zero-order valence-electron chi connectivity index (χ0n) is 21.2. The normalized spacial score (nSPS) is 16.3. The van der Waals surface area contributed by atoms with Crippen molar-refractivity contribution in [3.63, 3.8) is 0 Å². The summed E-state index contributed by atoms with van der Waals surface area (Å²) >= 11 is 1.81. The molecule has 1 saturated heterocycles. The van der Waals surface area contributed by atoms with Gasteiger partial charge in [0.25, 0.3) is 0 Å². The molecular formula is C27H35N5O2S. The van der Waals surface area contributed by atoms with Crippen LogP contribution in [0.5, 0.6) is 0 Å². The van der Waals surface area contributed by atoms with Crippen LogP contribution >= 0.6 is 11.3 Å². The third kappa shape index (κ3) is 5.20. The molecule has 2 aromatic heterocycles. The average Bonchev–Trinajstić information content (AvgIpc) is 3.20. The van der Waals surface area contributed by atoms with Crippen molar-refractivity contribution in [1.82, 2.24) is 14.9 Å². The van der Waals surface area contributed by atoms with E-state index < -0.39 is 0 Å². The summed E-state index contributed by atoms with van der Waals surface area (Å²) in [7, 11) is 1.97. The summed E-state index contributed by atoms with van der Waals surface area (Å²) in [4.78, 5) is 30.0. The molecule has 0 bridgehead atoms. The maximum Gasteiger partial charge on any atom is 0.243 e. The van der Waals surface area contributed by atoms with Gasteiger partial charge in [0.05, 0.1) is 31.7 Å². The molecule has 0 atom stereocenters. The fourth-order valence-electron chi connectivity index (χ4n) is 5.33. The van der Waals surface area contributed by atoms with Crippen molar-refractivity contribution in [1.29, 1.82) is 0 Å². The van der Waals surface area contributed by atoms with Crippen LogP contribution in [-0.4, -0.2) is 60.7 Å². The van der Waals surface area contributed by atoms with E-state index in [0.717, 1.165) is 77.8 Å². The van der Waals surface area contributed by atoms with Gasteiger partial charge in [0.2, 0.25) is 5.91 Å². The third-order valence-corrected chi connectivity index (χ3v) is 8.18. The lowest BCUT2D eigenvalue weighted by Crippen LogP contribution is -2.36.